The monoisotopic (exact) mass is 140 g/mol. The summed E-state index contributed by atoms with van der Waals surface area (Å²) in [6.45, 7) is 7.60. The molecule has 0 atom stereocenters. The second kappa shape index (κ2) is 3.77. The normalized spacial score (nSPS) is 10.8. The van der Waals surface area contributed by atoms with Crippen molar-refractivity contribution in [2.24, 2.45) is 0 Å². The molecule has 2 heteroatoms. The van der Waals surface area contributed by atoms with Crippen LogP contribution in [0.2, 0.25) is 0 Å². The van der Waals surface area contributed by atoms with E-state index in [1.54, 1.807) is 0 Å². The summed E-state index contributed by atoms with van der Waals surface area (Å²) in [4.78, 5) is 10.6. The second-order valence-corrected chi connectivity index (χ2v) is 1.78. The van der Waals surface area contributed by atoms with E-state index in [1.807, 2.05) is 0 Å². The molecule has 54 valence electrons. The van der Waals surface area contributed by atoms with E-state index in [2.05, 4.69) is 13.2 Å². The Hall–Kier alpha value is -1.18. The molecule has 0 heterocycles. The van der Waals surface area contributed by atoms with Crippen molar-refractivity contribution in [3.63, 3.8) is 0 Å². The van der Waals surface area contributed by atoms with Crippen LogP contribution in [0.15, 0.2) is 36.7 Å². The van der Waals surface area contributed by atoms with Gasteiger partial charge in [-0.15, -0.1) is 0 Å². The van der Waals surface area contributed by atoms with Crippen LogP contribution in [0.3, 0.4) is 0 Å². The molecule has 10 heavy (non-hydrogen) atoms. The van der Waals surface area contributed by atoms with Gasteiger partial charge in [0.1, 0.15) is 5.83 Å². The number of carbonyl (C=O) groups excluding carboxylic acids is 1. The van der Waals surface area contributed by atoms with E-state index in [0.29, 0.717) is 0 Å². The highest BCUT2D eigenvalue weighted by molar-refractivity contribution is 5.97. The Balaban J connectivity index is 4.58. The summed E-state index contributed by atoms with van der Waals surface area (Å²) in [5.74, 6) is -1.06. The predicted octanol–water partition coefficient (Wildman–Crippen LogP) is 2.17. The van der Waals surface area contributed by atoms with Crippen LogP contribution >= 0.6 is 0 Å². The Morgan fingerprint density at radius 3 is 2.20 bits per heavy atom. The fraction of sp³-hybridized carbons (Fsp3) is 0.125. The van der Waals surface area contributed by atoms with Crippen LogP contribution in [0.25, 0.3) is 0 Å². The molecular formula is C8H9FO. The van der Waals surface area contributed by atoms with Crippen LogP contribution in [0.5, 0.6) is 0 Å². The van der Waals surface area contributed by atoms with E-state index >= 15 is 0 Å². The fourth-order valence-electron chi connectivity index (χ4n) is 0.517. The first-order valence-corrected chi connectivity index (χ1v) is 2.78. The van der Waals surface area contributed by atoms with E-state index in [0.717, 1.165) is 0 Å². The summed E-state index contributed by atoms with van der Waals surface area (Å²) in [6.07, 6.45) is 2.64. The molecule has 0 aromatic carbocycles. The van der Waals surface area contributed by atoms with Gasteiger partial charge in [0.25, 0.3) is 0 Å². The van der Waals surface area contributed by atoms with Crippen molar-refractivity contribution >= 4 is 5.78 Å². The third kappa shape index (κ3) is 2.40. The maximum Gasteiger partial charge on any atom is 0.162 e. The average Bonchev–Trinajstić information content (AvgIpc) is 1.81. The first-order chi connectivity index (χ1) is 4.59. The lowest BCUT2D eigenvalue weighted by Gasteiger charge is -1.94. The quantitative estimate of drug-likeness (QED) is 0.433. The molecule has 0 N–H and O–H groups in total. The van der Waals surface area contributed by atoms with Crippen LogP contribution in [0.1, 0.15) is 6.92 Å². The molecule has 0 radical (unpaired) electrons. The molecule has 0 saturated heterocycles. The molecule has 0 aliphatic heterocycles. The molecule has 0 rings (SSSR count). The van der Waals surface area contributed by atoms with E-state index in [1.165, 1.54) is 19.1 Å². The number of hydrogen-bond donors (Lipinski definition) is 0. The molecule has 0 spiro atoms. The summed E-state index contributed by atoms with van der Waals surface area (Å²) in [7, 11) is 0. The zero-order chi connectivity index (χ0) is 8.15. The van der Waals surface area contributed by atoms with Gasteiger partial charge in [0, 0.05) is 0 Å². The summed E-state index contributed by atoms with van der Waals surface area (Å²) < 4.78 is 12.3. The van der Waals surface area contributed by atoms with Gasteiger partial charge in [-0.2, -0.15) is 0 Å². The van der Waals surface area contributed by atoms with Gasteiger partial charge in [-0.3, -0.25) is 4.79 Å². The summed E-state index contributed by atoms with van der Waals surface area (Å²) >= 11 is 0. The van der Waals surface area contributed by atoms with Gasteiger partial charge in [0.05, 0.1) is 5.57 Å². The highest BCUT2D eigenvalue weighted by Crippen LogP contribution is 2.09. The molecule has 0 bridgehead atoms. The molecule has 0 fully saturated rings. The Bertz CT molecular complexity index is 185. The van der Waals surface area contributed by atoms with Gasteiger partial charge in [0.2, 0.25) is 0 Å². The van der Waals surface area contributed by atoms with Crippen molar-refractivity contribution in [2.75, 3.05) is 0 Å². The standard InChI is InChI=1S/C8H9FO/c1-4-5-8(6(2)9)7(3)10/h4-5H,1-2H2,3H3/b8-5+. The van der Waals surface area contributed by atoms with Crippen molar-refractivity contribution < 1.29 is 9.18 Å². The van der Waals surface area contributed by atoms with Gasteiger partial charge in [-0.05, 0) is 13.0 Å². The number of allylic oxidation sites excluding steroid dienone is 4. The van der Waals surface area contributed by atoms with Crippen LogP contribution < -0.4 is 0 Å². The minimum atomic E-state index is -0.715. The lowest BCUT2D eigenvalue weighted by atomic mass is 10.1. The van der Waals surface area contributed by atoms with Crippen LogP contribution in [0, 0.1) is 0 Å². The summed E-state index contributed by atoms with van der Waals surface area (Å²) in [5.41, 5.74) is -0.0185. The third-order valence-corrected chi connectivity index (χ3v) is 0.956. The summed E-state index contributed by atoms with van der Waals surface area (Å²) in [5, 5.41) is 0. The van der Waals surface area contributed by atoms with Crippen LogP contribution in [-0.4, -0.2) is 5.78 Å². The molecule has 1 nitrogen and oxygen atoms in total. The highest BCUT2D eigenvalue weighted by atomic mass is 19.1. The van der Waals surface area contributed by atoms with Crippen molar-refractivity contribution in [3.05, 3.63) is 36.7 Å². The maximum absolute atomic E-state index is 12.3. The second-order valence-electron chi connectivity index (χ2n) is 1.78. The molecular weight excluding hydrogens is 131 g/mol. The molecule has 0 aliphatic rings. The third-order valence-electron chi connectivity index (χ3n) is 0.956. The lowest BCUT2D eigenvalue weighted by Crippen LogP contribution is -1.95. The topological polar surface area (TPSA) is 17.1 Å². The van der Waals surface area contributed by atoms with E-state index < -0.39 is 5.83 Å². The van der Waals surface area contributed by atoms with Gasteiger partial charge in [-0.1, -0.05) is 19.2 Å². The van der Waals surface area contributed by atoms with Gasteiger partial charge >= 0.3 is 0 Å². The summed E-state index contributed by atoms with van der Waals surface area (Å²) in [6, 6.07) is 0. The molecule has 0 amide bonds. The number of rotatable bonds is 3. The number of Topliss-reactive ketones (excluding diaryl/α,β-unsaturated/α-hetero) is 1. The Morgan fingerprint density at radius 2 is 2.10 bits per heavy atom. The molecule has 0 unspecified atom stereocenters. The van der Waals surface area contributed by atoms with Crippen LogP contribution in [0.4, 0.5) is 4.39 Å². The lowest BCUT2D eigenvalue weighted by molar-refractivity contribution is -0.113. The smallest absolute Gasteiger partial charge is 0.162 e. The zero-order valence-corrected chi connectivity index (χ0v) is 5.86. The van der Waals surface area contributed by atoms with E-state index in [-0.39, 0.29) is 11.4 Å². The number of hydrogen-bond acceptors (Lipinski definition) is 1. The average molecular weight is 140 g/mol. The first-order valence-electron chi connectivity index (χ1n) is 2.78. The Kier molecular flexibility index (Phi) is 3.33. The van der Waals surface area contributed by atoms with Crippen molar-refractivity contribution in [1.82, 2.24) is 0 Å². The predicted molar refractivity (Wildman–Crippen MR) is 39.2 cm³/mol. The SMILES string of the molecule is C=C/C=C(\C(=C)F)C(C)=O. The Morgan fingerprint density at radius 1 is 1.60 bits per heavy atom. The number of ketones is 1. The maximum atomic E-state index is 12.3. The van der Waals surface area contributed by atoms with Crippen molar-refractivity contribution in [1.29, 1.82) is 0 Å². The van der Waals surface area contributed by atoms with Crippen molar-refractivity contribution in [3.8, 4) is 0 Å². The van der Waals surface area contributed by atoms with Crippen molar-refractivity contribution in [2.45, 2.75) is 6.92 Å². The fourth-order valence-corrected chi connectivity index (χ4v) is 0.517. The van der Waals surface area contributed by atoms with Gasteiger partial charge in [-0.25, -0.2) is 4.39 Å². The van der Waals surface area contributed by atoms with E-state index in [9.17, 15) is 9.18 Å². The molecule has 0 aliphatic carbocycles. The number of carbonyl (C=O) groups is 1. The molecule has 0 aromatic heterocycles. The van der Waals surface area contributed by atoms with Gasteiger partial charge < -0.3 is 0 Å². The number of halogens is 1. The highest BCUT2D eigenvalue weighted by Gasteiger charge is 2.04. The first kappa shape index (κ1) is 8.82. The van der Waals surface area contributed by atoms with Crippen LogP contribution in [-0.2, 0) is 4.79 Å². The minimum Gasteiger partial charge on any atom is -0.294 e. The molecule has 0 saturated carbocycles. The zero-order valence-electron chi connectivity index (χ0n) is 5.86. The largest absolute Gasteiger partial charge is 0.294 e. The minimum absolute atomic E-state index is 0.0185. The Labute approximate surface area is 59.6 Å². The van der Waals surface area contributed by atoms with Gasteiger partial charge in [0.15, 0.2) is 5.78 Å². The van der Waals surface area contributed by atoms with E-state index in [4.69, 9.17) is 0 Å². The molecule has 0 aromatic rings.